The number of thioether (sulfide) groups is 1. The number of carbonyl (C=O) groups excluding carboxylic acids is 1. The fraction of sp³-hybridized carbons (Fsp3) is 0.500. The standard InChI is InChI=1S/C12H15ClN2OS/c13-11-2-1-10(8-14-11)12(16)15-7-9-3-5-17-6-4-9/h1-2,8-9H,3-7H2,(H,15,16). The lowest BCUT2D eigenvalue weighted by Crippen LogP contribution is -2.31. The third kappa shape index (κ3) is 3.89. The molecule has 0 aliphatic carbocycles. The lowest BCUT2D eigenvalue weighted by molar-refractivity contribution is 0.0946. The molecule has 0 unspecified atom stereocenters. The zero-order valence-electron chi connectivity index (χ0n) is 9.49. The number of halogens is 1. The van der Waals surface area contributed by atoms with E-state index in [9.17, 15) is 4.79 Å². The van der Waals surface area contributed by atoms with Crippen LogP contribution in [0, 0.1) is 5.92 Å². The van der Waals surface area contributed by atoms with Gasteiger partial charge in [0, 0.05) is 12.7 Å². The number of nitrogens with zero attached hydrogens (tertiary/aromatic N) is 1. The minimum Gasteiger partial charge on any atom is -0.352 e. The molecule has 0 atom stereocenters. The molecule has 1 aliphatic rings. The molecule has 1 amide bonds. The molecular formula is C12H15ClN2OS. The van der Waals surface area contributed by atoms with Crippen molar-refractivity contribution in [2.24, 2.45) is 5.92 Å². The van der Waals surface area contributed by atoms with E-state index < -0.39 is 0 Å². The molecule has 0 radical (unpaired) electrons. The topological polar surface area (TPSA) is 42.0 Å². The van der Waals surface area contributed by atoms with Crippen molar-refractivity contribution < 1.29 is 4.79 Å². The van der Waals surface area contributed by atoms with Crippen LogP contribution in [-0.2, 0) is 0 Å². The summed E-state index contributed by atoms with van der Waals surface area (Å²) in [6.07, 6.45) is 3.90. The smallest absolute Gasteiger partial charge is 0.252 e. The maximum absolute atomic E-state index is 11.8. The summed E-state index contributed by atoms with van der Waals surface area (Å²) in [6, 6.07) is 3.33. The number of hydrogen-bond acceptors (Lipinski definition) is 3. The van der Waals surface area contributed by atoms with Crippen LogP contribution in [0.3, 0.4) is 0 Å². The third-order valence-corrected chi connectivity index (χ3v) is 4.15. The van der Waals surface area contributed by atoms with Gasteiger partial charge in [-0.2, -0.15) is 11.8 Å². The fourth-order valence-electron chi connectivity index (χ4n) is 1.80. The first kappa shape index (κ1) is 12.7. The Hall–Kier alpha value is -0.740. The van der Waals surface area contributed by atoms with E-state index in [1.807, 2.05) is 11.8 Å². The van der Waals surface area contributed by atoms with E-state index in [4.69, 9.17) is 11.6 Å². The lowest BCUT2D eigenvalue weighted by atomic mass is 10.0. The Labute approximate surface area is 110 Å². The van der Waals surface area contributed by atoms with Crippen LogP contribution in [0.1, 0.15) is 23.2 Å². The number of nitrogens with one attached hydrogen (secondary N) is 1. The maximum Gasteiger partial charge on any atom is 0.252 e. The van der Waals surface area contributed by atoms with Gasteiger partial charge in [0.1, 0.15) is 5.15 Å². The van der Waals surface area contributed by atoms with Crippen molar-refractivity contribution in [2.75, 3.05) is 18.1 Å². The van der Waals surface area contributed by atoms with Crippen molar-refractivity contribution in [1.29, 1.82) is 0 Å². The highest BCUT2D eigenvalue weighted by Gasteiger charge is 2.15. The van der Waals surface area contributed by atoms with E-state index in [0.717, 1.165) is 6.54 Å². The fourth-order valence-corrected chi connectivity index (χ4v) is 3.12. The molecule has 0 bridgehead atoms. The maximum atomic E-state index is 11.8. The molecule has 3 nitrogen and oxygen atoms in total. The van der Waals surface area contributed by atoms with E-state index in [1.165, 1.54) is 30.5 Å². The van der Waals surface area contributed by atoms with Crippen molar-refractivity contribution in [3.8, 4) is 0 Å². The Balaban J connectivity index is 1.82. The molecule has 1 aliphatic heterocycles. The summed E-state index contributed by atoms with van der Waals surface area (Å²) in [5.41, 5.74) is 0.569. The van der Waals surface area contributed by atoms with Gasteiger partial charge in [0.05, 0.1) is 5.56 Å². The van der Waals surface area contributed by atoms with Gasteiger partial charge >= 0.3 is 0 Å². The van der Waals surface area contributed by atoms with Crippen molar-refractivity contribution >= 4 is 29.3 Å². The summed E-state index contributed by atoms with van der Waals surface area (Å²) in [7, 11) is 0. The first-order valence-electron chi connectivity index (χ1n) is 5.73. The van der Waals surface area contributed by atoms with Crippen LogP contribution in [-0.4, -0.2) is 28.9 Å². The molecule has 1 aromatic rings. The second-order valence-electron chi connectivity index (χ2n) is 4.14. The van der Waals surface area contributed by atoms with Crippen LogP contribution < -0.4 is 5.32 Å². The molecule has 17 heavy (non-hydrogen) atoms. The largest absolute Gasteiger partial charge is 0.352 e. The Kier molecular flexibility index (Phi) is 4.68. The normalized spacial score (nSPS) is 16.8. The highest BCUT2D eigenvalue weighted by atomic mass is 35.5. The van der Waals surface area contributed by atoms with Gasteiger partial charge in [-0.3, -0.25) is 4.79 Å². The number of rotatable bonds is 3. The predicted molar refractivity (Wildman–Crippen MR) is 71.6 cm³/mol. The summed E-state index contributed by atoms with van der Waals surface area (Å²) in [5, 5.41) is 3.37. The summed E-state index contributed by atoms with van der Waals surface area (Å²) in [6.45, 7) is 0.766. The molecule has 2 heterocycles. The quantitative estimate of drug-likeness (QED) is 0.859. The Morgan fingerprint density at radius 2 is 2.24 bits per heavy atom. The average Bonchev–Trinajstić information content (AvgIpc) is 2.38. The summed E-state index contributed by atoms with van der Waals surface area (Å²) >= 11 is 7.66. The van der Waals surface area contributed by atoms with Crippen LogP contribution >= 0.6 is 23.4 Å². The van der Waals surface area contributed by atoms with Crippen molar-refractivity contribution in [3.63, 3.8) is 0 Å². The third-order valence-electron chi connectivity index (χ3n) is 2.88. The molecule has 1 aromatic heterocycles. The van der Waals surface area contributed by atoms with Gasteiger partial charge in [-0.25, -0.2) is 4.98 Å². The van der Waals surface area contributed by atoms with E-state index in [1.54, 1.807) is 12.1 Å². The zero-order chi connectivity index (χ0) is 12.1. The van der Waals surface area contributed by atoms with Gasteiger partial charge < -0.3 is 5.32 Å². The van der Waals surface area contributed by atoms with Crippen LogP contribution in [0.2, 0.25) is 5.15 Å². The zero-order valence-corrected chi connectivity index (χ0v) is 11.1. The van der Waals surface area contributed by atoms with Gasteiger partial charge in [0.25, 0.3) is 5.91 Å². The number of amides is 1. The monoisotopic (exact) mass is 270 g/mol. The SMILES string of the molecule is O=C(NCC1CCSCC1)c1ccc(Cl)nc1. The van der Waals surface area contributed by atoms with Crippen LogP contribution in [0.15, 0.2) is 18.3 Å². The number of hydrogen-bond donors (Lipinski definition) is 1. The van der Waals surface area contributed by atoms with Crippen LogP contribution in [0.25, 0.3) is 0 Å². The van der Waals surface area contributed by atoms with Crippen LogP contribution in [0.5, 0.6) is 0 Å². The highest BCUT2D eigenvalue weighted by Crippen LogP contribution is 2.21. The molecular weight excluding hydrogens is 256 g/mol. The molecule has 2 rings (SSSR count). The molecule has 0 aromatic carbocycles. The molecule has 0 saturated carbocycles. The van der Waals surface area contributed by atoms with Gasteiger partial charge in [0.2, 0.25) is 0 Å². The predicted octanol–water partition coefficient (Wildman–Crippen LogP) is 2.61. The van der Waals surface area contributed by atoms with Crippen molar-refractivity contribution in [2.45, 2.75) is 12.8 Å². The summed E-state index contributed by atoms with van der Waals surface area (Å²) in [5.74, 6) is 2.99. The van der Waals surface area contributed by atoms with E-state index >= 15 is 0 Å². The minimum absolute atomic E-state index is 0.0626. The Morgan fingerprint density at radius 3 is 2.88 bits per heavy atom. The molecule has 0 spiro atoms. The number of pyridine rings is 1. The van der Waals surface area contributed by atoms with Crippen LogP contribution in [0.4, 0.5) is 0 Å². The van der Waals surface area contributed by atoms with Crippen molar-refractivity contribution in [3.05, 3.63) is 29.0 Å². The minimum atomic E-state index is -0.0626. The number of carbonyl (C=O) groups is 1. The Bertz CT molecular complexity index is 377. The lowest BCUT2D eigenvalue weighted by Gasteiger charge is -2.21. The second kappa shape index (κ2) is 6.26. The highest BCUT2D eigenvalue weighted by molar-refractivity contribution is 7.99. The molecule has 1 fully saturated rings. The Morgan fingerprint density at radius 1 is 1.47 bits per heavy atom. The first-order chi connectivity index (χ1) is 8.25. The van der Waals surface area contributed by atoms with Gasteiger partial charge in [-0.1, -0.05) is 11.6 Å². The average molecular weight is 271 g/mol. The van der Waals surface area contributed by atoms with E-state index in [0.29, 0.717) is 16.6 Å². The number of aromatic nitrogens is 1. The van der Waals surface area contributed by atoms with Gasteiger partial charge in [-0.05, 0) is 42.4 Å². The molecule has 1 N–H and O–H groups in total. The second-order valence-corrected chi connectivity index (χ2v) is 5.75. The van der Waals surface area contributed by atoms with Crippen molar-refractivity contribution in [1.82, 2.24) is 10.3 Å². The molecule has 1 saturated heterocycles. The summed E-state index contributed by atoms with van der Waals surface area (Å²) < 4.78 is 0. The van der Waals surface area contributed by atoms with Gasteiger partial charge in [0.15, 0.2) is 0 Å². The van der Waals surface area contributed by atoms with Gasteiger partial charge in [-0.15, -0.1) is 0 Å². The first-order valence-corrected chi connectivity index (χ1v) is 7.26. The molecule has 5 heteroatoms. The molecule has 92 valence electrons. The summed E-state index contributed by atoms with van der Waals surface area (Å²) in [4.78, 5) is 15.7. The van der Waals surface area contributed by atoms with E-state index in [-0.39, 0.29) is 5.91 Å². The van der Waals surface area contributed by atoms with E-state index in [2.05, 4.69) is 10.3 Å².